The van der Waals surface area contributed by atoms with E-state index in [4.69, 9.17) is 13.2 Å². The number of carbonyl (C=O) groups is 2. The average Bonchev–Trinajstić information content (AvgIpc) is 3.15. The van der Waals surface area contributed by atoms with Gasteiger partial charge < -0.3 is 15.5 Å². The minimum absolute atomic E-state index is 0.0386. The SMILES string of the molecule is [2H]C([2H])([2H])N(C(=O)c1ccc(-c2cc(NC3CC3)n3ncc(/C=C4\CC(=O)NC4=C)c3n2)s1)C([2H])([2H])[2H]. The van der Waals surface area contributed by atoms with Crippen LogP contribution in [0.15, 0.2) is 42.2 Å². The Morgan fingerprint density at radius 3 is 3.00 bits per heavy atom. The fraction of sp³-hybridized carbons (Fsp3) is 0.273. The summed E-state index contributed by atoms with van der Waals surface area (Å²) in [6, 6.07) is 5.07. The molecule has 1 saturated heterocycles. The predicted octanol–water partition coefficient (Wildman–Crippen LogP) is 3.15. The number of amides is 2. The van der Waals surface area contributed by atoms with E-state index >= 15 is 0 Å². The molecule has 9 heteroatoms. The number of rotatable bonds is 5. The van der Waals surface area contributed by atoms with Crippen LogP contribution < -0.4 is 10.6 Å². The molecule has 1 saturated carbocycles. The van der Waals surface area contributed by atoms with Gasteiger partial charge in [0.25, 0.3) is 5.91 Å². The fourth-order valence-corrected chi connectivity index (χ4v) is 4.24. The summed E-state index contributed by atoms with van der Waals surface area (Å²) in [6.07, 6.45) is 5.67. The standard InChI is InChI=1S/C22H22N6O2S/c1-12-13(9-20(29)24-12)8-14-11-23-28-19(25-15-4-5-15)10-16(26-21(14)28)17-6-7-18(31-17)22(30)27(2)3/h6-8,10-11,15,25H,1,4-5,9H2,2-3H3,(H,24,29)/b13-8+/i2D3,3D3. The van der Waals surface area contributed by atoms with E-state index in [1.165, 1.54) is 6.07 Å². The molecule has 0 atom stereocenters. The fourth-order valence-electron chi connectivity index (χ4n) is 3.35. The number of anilines is 1. The first-order chi connectivity index (χ1) is 17.3. The summed E-state index contributed by atoms with van der Waals surface area (Å²) in [5.74, 6) is -0.573. The number of aromatic nitrogens is 3. The Kier molecular flexibility index (Phi) is 3.26. The molecular weight excluding hydrogens is 412 g/mol. The zero-order valence-corrected chi connectivity index (χ0v) is 17.1. The summed E-state index contributed by atoms with van der Waals surface area (Å²) in [5.41, 5.74) is 2.91. The minimum Gasteiger partial charge on any atom is -0.367 e. The number of hydrogen-bond donors (Lipinski definition) is 2. The quantitative estimate of drug-likeness (QED) is 0.636. The summed E-state index contributed by atoms with van der Waals surface area (Å²) >= 11 is 0.953. The van der Waals surface area contributed by atoms with Crippen LogP contribution in [0.25, 0.3) is 22.3 Å². The molecule has 0 aromatic carbocycles. The van der Waals surface area contributed by atoms with Crippen molar-refractivity contribution in [1.29, 1.82) is 0 Å². The minimum atomic E-state index is -3.13. The second kappa shape index (κ2) is 7.35. The lowest BCUT2D eigenvalue weighted by Gasteiger charge is -2.10. The van der Waals surface area contributed by atoms with Crippen LogP contribution in [0.5, 0.6) is 0 Å². The molecule has 5 rings (SSSR count). The second-order valence-corrected chi connectivity index (χ2v) is 8.54. The highest BCUT2D eigenvalue weighted by Crippen LogP contribution is 2.33. The highest BCUT2D eigenvalue weighted by molar-refractivity contribution is 7.17. The molecule has 158 valence electrons. The lowest BCUT2D eigenvalue weighted by Crippen LogP contribution is -2.20. The van der Waals surface area contributed by atoms with Crippen molar-refractivity contribution in [3.8, 4) is 10.6 Å². The number of carbonyl (C=O) groups excluding carboxylic acids is 2. The van der Waals surface area contributed by atoms with Crippen molar-refractivity contribution in [2.75, 3.05) is 19.3 Å². The lowest BCUT2D eigenvalue weighted by atomic mass is 10.1. The molecule has 2 aliphatic rings. The maximum Gasteiger partial charge on any atom is 0.263 e. The number of allylic oxidation sites excluding steroid dienone is 1. The predicted molar refractivity (Wildman–Crippen MR) is 121 cm³/mol. The smallest absolute Gasteiger partial charge is 0.263 e. The molecule has 0 spiro atoms. The third kappa shape index (κ3) is 3.72. The molecule has 0 radical (unpaired) electrons. The molecular formula is C22H22N6O2S. The molecule has 31 heavy (non-hydrogen) atoms. The zero-order chi connectivity index (χ0) is 26.7. The molecule has 4 heterocycles. The largest absolute Gasteiger partial charge is 0.367 e. The first-order valence-electron chi connectivity index (χ1n) is 12.6. The molecule has 0 bridgehead atoms. The number of fused-ring (bicyclic) bond motifs is 1. The summed E-state index contributed by atoms with van der Waals surface area (Å²) in [4.78, 5) is 29.8. The topological polar surface area (TPSA) is 91.6 Å². The van der Waals surface area contributed by atoms with Gasteiger partial charge in [0.1, 0.15) is 5.82 Å². The van der Waals surface area contributed by atoms with Crippen LogP contribution in [-0.4, -0.2) is 51.3 Å². The molecule has 2 N–H and O–H groups in total. The van der Waals surface area contributed by atoms with Crippen molar-refractivity contribution < 1.29 is 17.8 Å². The van der Waals surface area contributed by atoms with Gasteiger partial charge in [-0.1, -0.05) is 6.58 Å². The highest BCUT2D eigenvalue weighted by Gasteiger charge is 2.24. The monoisotopic (exact) mass is 440 g/mol. The van der Waals surface area contributed by atoms with Crippen LogP contribution in [0.1, 0.15) is 42.7 Å². The Labute approximate surface area is 191 Å². The van der Waals surface area contributed by atoms with Crippen LogP contribution in [0.4, 0.5) is 5.82 Å². The van der Waals surface area contributed by atoms with Crippen LogP contribution >= 0.6 is 11.3 Å². The van der Waals surface area contributed by atoms with Gasteiger partial charge in [0.15, 0.2) is 5.65 Å². The van der Waals surface area contributed by atoms with Gasteiger partial charge in [-0.3, -0.25) is 9.59 Å². The molecule has 0 unspecified atom stereocenters. The molecule has 1 aliphatic carbocycles. The van der Waals surface area contributed by atoms with E-state index in [9.17, 15) is 9.59 Å². The van der Waals surface area contributed by atoms with E-state index in [2.05, 4.69) is 22.3 Å². The number of hydrogen-bond acceptors (Lipinski definition) is 6. The van der Waals surface area contributed by atoms with Gasteiger partial charge in [0.2, 0.25) is 5.91 Å². The average molecular weight is 441 g/mol. The third-order valence-electron chi connectivity index (χ3n) is 5.06. The Morgan fingerprint density at radius 1 is 1.45 bits per heavy atom. The van der Waals surface area contributed by atoms with E-state index in [0.29, 0.717) is 39.3 Å². The second-order valence-electron chi connectivity index (χ2n) is 7.46. The third-order valence-corrected chi connectivity index (χ3v) is 6.16. The highest BCUT2D eigenvalue weighted by atomic mass is 32.1. The summed E-state index contributed by atoms with van der Waals surface area (Å²) in [6.45, 7) is -2.40. The van der Waals surface area contributed by atoms with Crippen molar-refractivity contribution in [2.45, 2.75) is 25.3 Å². The molecule has 3 aromatic heterocycles. The van der Waals surface area contributed by atoms with Gasteiger partial charge in [-0.05, 0) is 36.6 Å². The number of thiophene rings is 1. The Bertz CT molecular complexity index is 1450. The first-order valence-corrected chi connectivity index (χ1v) is 10.4. The molecule has 8 nitrogen and oxygen atoms in total. The van der Waals surface area contributed by atoms with Crippen LogP contribution in [0.2, 0.25) is 0 Å². The van der Waals surface area contributed by atoms with Crippen molar-refractivity contribution in [2.24, 2.45) is 0 Å². The Balaban J connectivity index is 1.56. The van der Waals surface area contributed by atoms with Gasteiger partial charge >= 0.3 is 0 Å². The van der Waals surface area contributed by atoms with Gasteiger partial charge in [0, 0.05) is 45.5 Å². The Hall–Kier alpha value is -3.46. The zero-order valence-electron chi connectivity index (χ0n) is 22.3. The van der Waals surface area contributed by atoms with Crippen molar-refractivity contribution in [1.82, 2.24) is 24.8 Å². The van der Waals surface area contributed by atoms with Crippen molar-refractivity contribution >= 4 is 40.7 Å². The maximum absolute atomic E-state index is 12.9. The van der Waals surface area contributed by atoms with E-state index in [1.807, 2.05) is 0 Å². The maximum atomic E-state index is 12.9. The molecule has 1 aliphatic heterocycles. The number of nitrogens with one attached hydrogen (secondary N) is 2. The van der Waals surface area contributed by atoms with E-state index < -0.39 is 19.9 Å². The van der Waals surface area contributed by atoms with Gasteiger partial charge in [-0.25, -0.2) is 4.98 Å². The lowest BCUT2D eigenvalue weighted by molar-refractivity contribution is -0.118. The summed E-state index contributed by atoms with van der Waals surface area (Å²) in [7, 11) is 0. The molecule has 2 fully saturated rings. The number of nitrogens with zero attached hydrogens (tertiary/aromatic N) is 4. The Morgan fingerprint density at radius 2 is 2.29 bits per heavy atom. The first kappa shape index (κ1) is 13.8. The van der Waals surface area contributed by atoms with E-state index in [-0.39, 0.29) is 22.1 Å². The van der Waals surface area contributed by atoms with Gasteiger partial charge in [0.05, 0.1) is 28.1 Å². The van der Waals surface area contributed by atoms with Crippen LogP contribution in [-0.2, 0) is 4.79 Å². The molecule has 2 amide bonds. The molecule has 3 aromatic rings. The van der Waals surface area contributed by atoms with Crippen LogP contribution in [0, 0.1) is 0 Å². The van der Waals surface area contributed by atoms with Gasteiger partial charge in [-0.15, -0.1) is 11.3 Å². The van der Waals surface area contributed by atoms with E-state index in [0.717, 1.165) is 29.8 Å². The summed E-state index contributed by atoms with van der Waals surface area (Å²) in [5, 5.41) is 10.6. The van der Waals surface area contributed by atoms with Crippen LogP contribution in [0.3, 0.4) is 0 Å². The normalized spacial score (nSPS) is 21.1. The van der Waals surface area contributed by atoms with Crippen molar-refractivity contribution in [3.63, 3.8) is 0 Å². The van der Waals surface area contributed by atoms with Crippen molar-refractivity contribution in [3.05, 3.63) is 52.7 Å². The van der Waals surface area contributed by atoms with Gasteiger partial charge in [-0.2, -0.15) is 9.61 Å². The summed E-state index contributed by atoms with van der Waals surface area (Å²) < 4.78 is 46.8. The van der Waals surface area contributed by atoms with E-state index in [1.54, 1.807) is 28.9 Å².